The van der Waals surface area contributed by atoms with Gasteiger partial charge in [-0.2, -0.15) is 23.4 Å². The van der Waals surface area contributed by atoms with E-state index in [1.165, 1.54) is 21.5 Å². The lowest BCUT2D eigenvalue weighted by Gasteiger charge is -2.34. The second-order valence-electron chi connectivity index (χ2n) is 10.8. The zero-order valence-electron chi connectivity index (χ0n) is 22.9. The van der Waals surface area contributed by atoms with Crippen LogP contribution in [0.1, 0.15) is 55.7 Å². The predicted octanol–water partition coefficient (Wildman–Crippen LogP) is 3.60. The molecule has 0 radical (unpaired) electrons. The molecule has 13 heteroatoms. The van der Waals surface area contributed by atoms with Gasteiger partial charge in [-0.05, 0) is 51.8 Å². The molecule has 4 rings (SSSR count). The SMILES string of the molecule is CCN1CC[C@@H](Nc2cccc3c(CC(F)(F)F)c(C#CCNC(=O)c4cnn(C(C)(C)C)c4N)nn23)[C@@H](F)C1. The van der Waals surface area contributed by atoms with Crippen molar-refractivity contribution < 1.29 is 22.4 Å². The molecule has 1 fully saturated rings. The molecule has 9 nitrogen and oxygen atoms in total. The molecule has 0 aromatic carbocycles. The number of nitrogens with zero attached hydrogens (tertiary/aromatic N) is 5. The number of piperidine rings is 1. The molecule has 0 bridgehead atoms. The van der Waals surface area contributed by atoms with Crippen molar-refractivity contribution in [3.05, 3.63) is 41.2 Å². The summed E-state index contributed by atoms with van der Waals surface area (Å²) in [5, 5.41) is 14.2. The molecular formula is C27H34F4N8O. The number of aromatic nitrogens is 4. The van der Waals surface area contributed by atoms with Crippen LogP contribution in [0, 0.1) is 11.8 Å². The van der Waals surface area contributed by atoms with Crippen molar-refractivity contribution in [3.63, 3.8) is 0 Å². The molecule has 1 amide bonds. The molecule has 1 saturated heterocycles. The van der Waals surface area contributed by atoms with Gasteiger partial charge in [0.25, 0.3) is 5.91 Å². The number of nitrogens with two attached hydrogens (primary N) is 1. The lowest BCUT2D eigenvalue weighted by atomic mass is 10.0. The average Bonchev–Trinajstić information content (AvgIpc) is 3.43. The molecule has 3 aromatic rings. The van der Waals surface area contributed by atoms with Gasteiger partial charge in [-0.25, -0.2) is 13.6 Å². The molecule has 1 aliphatic heterocycles. The van der Waals surface area contributed by atoms with Crippen molar-refractivity contribution in [3.8, 4) is 11.8 Å². The van der Waals surface area contributed by atoms with Gasteiger partial charge in [0, 0.05) is 18.7 Å². The zero-order valence-corrected chi connectivity index (χ0v) is 22.9. The maximum atomic E-state index is 14.8. The third-order valence-electron chi connectivity index (χ3n) is 6.77. The number of rotatable bonds is 6. The standard InChI is InChI=1S/C27H34F4N8O/c1-5-37-13-11-21(19(28)16-37)35-23-10-6-9-22-17(14-27(29,30)31)20(36-38(22)23)8-7-12-33-25(40)18-15-34-39(24(18)32)26(2,3)4/h6,9-10,15,19,21,35H,5,11-14,16,32H2,1-4H3,(H,33,40)/t19-,21+/m0/s1. The van der Waals surface area contributed by atoms with Gasteiger partial charge < -0.3 is 21.3 Å². The van der Waals surface area contributed by atoms with Crippen molar-refractivity contribution in [1.29, 1.82) is 0 Å². The third-order valence-corrected chi connectivity index (χ3v) is 6.77. The largest absolute Gasteiger partial charge is 0.393 e. The Morgan fingerprint density at radius 3 is 2.62 bits per heavy atom. The summed E-state index contributed by atoms with van der Waals surface area (Å²) in [4.78, 5) is 14.6. The highest BCUT2D eigenvalue weighted by atomic mass is 19.4. The summed E-state index contributed by atoms with van der Waals surface area (Å²) < 4.78 is 58.2. The second kappa shape index (κ2) is 11.4. The molecule has 3 aromatic heterocycles. The Bertz CT molecular complexity index is 1430. The van der Waals surface area contributed by atoms with Crippen molar-refractivity contribution in [2.75, 3.05) is 37.2 Å². The topological polar surface area (TPSA) is 106 Å². The van der Waals surface area contributed by atoms with E-state index in [0.29, 0.717) is 18.8 Å². The molecular weight excluding hydrogens is 528 g/mol. The minimum Gasteiger partial charge on any atom is -0.383 e. The first kappa shape index (κ1) is 29.2. The summed E-state index contributed by atoms with van der Waals surface area (Å²) in [5.74, 6) is 5.43. The van der Waals surface area contributed by atoms with Gasteiger partial charge >= 0.3 is 6.18 Å². The van der Waals surface area contributed by atoms with Gasteiger partial charge in [-0.15, -0.1) is 0 Å². The number of likely N-dealkylation sites (tertiary alicyclic amines) is 1. The van der Waals surface area contributed by atoms with Crippen LogP contribution in [0.5, 0.6) is 0 Å². The number of pyridine rings is 1. The molecule has 40 heavy (non-hydrogen) atoms. The molecule has 216 valence electrons. The monoisotopic (exact) mass is 562 g/mol. The van der Waals surface area contributed by atoms with Gasteiger partial charge in [-0.3, -0.25) is 4.79 Å². The van der Waals surface area contributed by atoms with Crippen LogP contribution in [0.15, 0.2) is 24.4 Å². The Kier molecular flexibility index (Phi) is 8.30. The number of hydrogen-bond acceptors (Lipinski definition) is 6. The maximum absolute atomic E-state index is 14.8. The fourth-order valence-electron chi connectivity index (χ4n) is 4.73. The lowest BCUT2D eigenvalue weighted by Crippen LogP contribution is -2.47. The van der Waals surface area contributed by atoms with E-state index < -0.39 is 36.3 Å². The summed E-state index contributed by atoms with van der Waals surface area (Å²) in [5.41, 5.74) is 5.87. The minimum atomic E-state index is -4.50. The van der Waals surface area contributed by atoms with Gasteiger partial charge in [0.05, 0.1) is 36.3 Å². The first-order valence-corrected chi connectivity index (χ1v) is 13.1. The number of halogens is 4. The Morgan fingerprint density at radius 2 is 2.00 bits per heavy atom. The van der Waals surface area contributed by atoms with E-state index in [1.54, 1.807) is 12.1 Å². The van der Waals surface area contributed by atoms with Crippen molar-refractivity contribution in [1.82, 2.24) is 29.6 Å². The van der Waals surface area contributed by atoms with E-state index in [9.17, 15) is 22.4 Å². The molecule has 2 atom stereocenters. The highest BCUT2D eigenvalue weighted by Gasteiger charge is 2.32. The van der Waals surface area contributed by atoms with Crippen LogP contribution in [0.4, 0.5) is 29.2 Å². The third kappa shape index (κ3) is 6.50. The number of amides is 1. The van der Waals surface area contributed by atoms with Crippen molar-refractivity contribution in [2.24, 2.45) is 0 Å². The highest BCUT2D eigenvalue weighted by molar-refractivity contribution is 5.98. The van der Waals surface area contributed by atoms with E-state index in [2.05, 4.69) is 32.7 Å². The van der Waals surface area contributed by atoms with Gasteiger partial charge in [0.1, 0.15) is 29.1 Å². The van der Waals surface area contributed by atoms with Crippen LogP contribution in [0.25, 0.3) is 5.52 Å². The van der Waals surface area contributed by atoms with Gasteiger partial charge in [0.2, 0.25) is 0 Å². The van der Waals surface area contributed by atoms with E-state index in [0.717, 1.165) is 6.54 Å². The Balaban J connectivity index is 1.56. The Labute approximate surface area is 230 Å². The normalized spacial score (nSPS) is 18.4. The fourth-order valence-corrected chi connectivity index (χ4v) is 4.73. The van der Waals surface area contributed by atoms with Crippen molar-refractivity contribution >= 4 is 23.1 Å². The minimum absolute atomic E-state index is 0.0708. The van der Waals surface area contributed by atoms with Crippen LogP contribution in [-0.2, 0) is 12.0 Å². The molecule has 0 unspecified atom stereocenters. The number of alkyl halides is 4. The van der Waals surface area contributed by atoms with Crippen LogP contribution in [-0.4, -0.2) is 74.8 Å². The number of hydrogen-bond donors (Lipinski definition) is 3. The van der Waals surface area contributed by atoms with E-state index >= 15 is 0 Å². The quantitative estimate of drug-likeness (QED) is 0.313. The van der Waals surface area contributed by atoms with Crippen LogP contribution in [0.3, 0.4) is 0 Å². The number of anilines is 2. The molecule has 0 saturated carbocycles. The summed E-state index contributed by atoms with van der Waals surface area (Å²) in [7, 11) is 0. The van der Waals surface area contributed by atoms with Crippen LogP contribution >= 0.6 is 0 Å². The first-order valence-electron chi connectivity index (χ1n) is 13.1. The highest BCUT2D eigenvalue weighted by Crippen LogP contribution is 2.29. The van der Waals surface area contributed by atoms with Gasteiger partial charge in [-0.1, -0.05) is 18.9 Å². The maximum Gasteiger partial charge on any atom is 0.393 e. The molecule has 1 aliphatic rings. The Hall–Kier alpha value is -3.79. The van der Waals surface area contributed by atoms with Gasteiger partial charge in [0.15, 0.2) is 0 Å². The second-order valence-corrected chi connectivity index (χ2v) is 10.8. The molecule has 0 spiro atoms. The number of fused-ring (bicyclic) bond motifs is 1. The van der Waals surface area contributed by atoms with E-state index in [1.807, 2.05) is 32.6 Å². The predicted molar refractivity (Wildman–Crippen MR) is 145 cm³/mol. The lowest BCUT2D eigenvalue weighted by molar-refractivity contribution is -0.127. The smallest absolute Gasteiger partial charge is 0.383 e. The summed E-state index contributed by atoms with van der Waals surface area (Å²) in [6, 6.07) is 4.28. The first-order chi connectivity index (χ1) is 18.8. The zero-order chi connectivity index (χ0) is 29.2. The van der Waals surface area contributed by atoms with E-state index in [-0.39, 0.29) is 41.2 Å². The summed E-state index contributed by atoms with van der Waals surface area (Å²) in [6.45, 7) is 9.25. The number of nitrogens with one attached hydrogen (secondary N) is 2. The van der Waals surface area contributed by atoms with E-state index in [4.69, 9.17) is 5.73 Å². The Morgan fingerprint density at radius 1 is 1.25 bits per heavy atom. The molecule has 0 aliphatic carbocycles. The molecule has 4 heterocycles. The van der Waals surface area contributed by atoms with Crippen molar-refractivity contribution in [2.45, 2.75) is 64.5 Å². The number of carbonyl (C=O) groups is 1. The summed E-state index contributed by atoms with van der Waals surface area (Å²) in [6.07, 6.45) is -4.97. The average molecular weight is 563 g/mol. The number of nitrogen functional groups attached to an aromatic ring is 1. The molecule has 4 N–H and O–H groups in total. The number of carbonyl (C=O) groups excluding carboxylic acids is 1. The van der Waals surface area contributed by atoms with Crippen LogP contribution in [0.2, 0.25) is 0 Å². The van der Waals surface area contributed by atoms with Crippen LogP contribution < -0.4 is 16.4 Å². The fraction of sp³-hybridized carbons (Fsp3) is 0.519. The summed E-state index contributed by atoms with van der Waals surface area (Å²) >= 11 is 0.